The van der Waals surface area contributed by atoms with E-state index in [1.54, 1.807) is 18.2 Å². The molecule has 1 aromatic rings. The SMILES string of the molecule is COc1ccc(C2CN(C(=O)OC(C)(C)C)CCN2)cn1. The van der Waals surface area contributed by atoms with Crippen LogP contribution in [0.4, 0.5) is 4.79 Å². The Morgan fingerprint density at radius 1 is 1.43 bits per heavy atom. The monoisotopic (exact) mass is 293 g/mol. The molecule has 0 saturated carbocycles. The van der Waals surface area contributed by atoms with Gasteiger partial charge in [0, 0.05) is 31.9 Å². The van der Waals surface area contributed by atoms with Crippen LogP contribution in [0.5, 0.6) is 5.88 Å². The molecule has 1 aromatic heterocycles. The third-order valence-corrected chi connectivity index (χ3v) is 3.20. The molecule has 0 spiro atoms. The molecule has 1 N–H and O–H groups in total. The van der Waals surface area contributed by atoms with Crippen molar-refractivity contribution in [1.82, 2.24) is 15.2 Å². The minimum Gasteiger partial charge on any atom is -0.481 e. The van der Waals surface area contributed by atoms with Crippen LogP contribution in [0.1, 0.15) is 32.4 Å². The predicted molar refractivity (Wildman–Crippen MR) is 79.3 cm³/mol. The van der Waals surface area contributed by atoms with Crippen LogP contribution in [0.2, 0.25) is 0 Å². The van der Waals surface area contributed by atoms with E-state index in [1.807, 2.05) is 32.9 Å². The van der Waals surface area contributed by atoms with Gasteiger partial charge in [0.25, 0.3) is 0 Å². The van der Waals surface area contributed by atoms with Crippen molar-refractivity contribution < 1.29 is 14.3 Å². The molecule has 0 aromatic carbocycles. The van der Waals surface area contributed by atoms with Crippen LogP contribution in [-0.2, 0) is 4.74 Å². The summed E-state index contributed by atoms with van der Waals surface area (Å²) in [5, 5.41) is 3.39. The van der Waals surface area contributed by atoms with Gasteiger partial charge < -0.3 is 19.7 Å². The fourth-order valence-corrected chi connectivity index (χ4v) is 2.18. The molecule has 2 heterocycles. The molecule has 6 heteroatoms. The summed E-state index contributed by atoms with van der Waals surface area (Å²) in [6, 6.07) is 3.84. The van der Waals surface area contributed by atoms with Gasteiger partial charge in [0.2, 0.25) is 5.88 Å². The molecule has 1 saturated heterocycles. The molecule has 116 valence electrons. The number of aromatic nitrogens is 1. The standard InChI is InChI=1S/C15H23N3O3/c1-15(2,3)21-14(19)18-8-7-16-12(10-18)11-5-6-13(20-4)17-9-11/h5-6,9,12,16H,7-8,10H2,1-4H3. The third-order valence-electron chi connectivity index (χ3n) is 3.20. The van der Waals surface area contributed by atoms with Crippen LogP contribution < -0.4 is 10.1 Å². The zero-order valence-corrected chi connectivity index (χ0v) is 13.0. The van der Waals surface area contributed by atoms with Crippen molar-refractivity contribution in [3.63, 3.8) is 0 Å². The maximum Gasteiger partial charge on any atom is 0.410 e. The lowest BCUT2D eigenvalue weighted by atomic mass is 10.1. The molecule has 21 heavy (non-hydrogen) atoms. The Bertz CT molecular complexity index is 482. The van der Waals surface area contributed by atoms with Crippen LogP contribution in [0.3, 0.4) is 0 Å². The minimum absolute atomic E-state index is 0.0599. The number of hydrogen-bond donors (Lipinski definition) is 1. The first-order valence-corrected chi connectivity index (χ1v) is 7.10. The maximum absolute atomic E-state index is 12.1. The summed E-state index contributed by atoms with van der Waals surface area (Å²) >= 11 is 0. The number of nitrogens with zero attached hydrogens (tertiary/aromatic N) is 2. The second-order valence-electron chi connectivity index (χ2n) is 6.07. The molecule has 1 aliphatic heterocycles. The van der Waals surface area contributed by atoms with Crippen LogP contribution in [0.15, 0.2) is 18.3 Å². The topological polar surface area (TPSA) is 63.7 Å². The van der Waals surface area contributed by atoms with Crippen molar-refractivity contribution in [3.05, 3.63) is 23.9 Å². The molecule has 1 aliphatic rings. The largest absolute Gasteiger partial charge is 0.481 e. The number of methoxy groups -OCH3 is 1. The highest BCUT2D eigenvalue weighted by molar-refractivity contribution is 5.68. The Morgan fingerprint density at radius 2 is 2.19 bits per heavy atom. The normalized spacial score (nSPS) is 19.2. The highest BCUT2D eigenvalue weighted by Crippen LogP contribution is 2.20. The fraction of sp³-hybridized carbons (Fsp3) is 0.600. The summed E-state index contributed by atoms with van der Waals surface area (Å²) in [5.41, 5.74) is 0.558. The van der Waals surface area contributed by atoms with E-state index in [9.17, 15) is 4.79 Å². The summed E-state index contributed by atoms with van der Waals surface area (Å²) in [5.74, 6) is 0.582. The molecule has 2 rings (SSSR count). The van der Waals surface area contributed by atoms with E-state index in [-0.39, 0.29) is 12.1 Å². The van der Waals surface area contributed by atoms with Gasteiger partial charge in [0.05, 0.1) is 13.2 Å². The average Bonchev–Trinajstić information content (AvgIpc) is 2.46. The first-order valence-electron chi connectivity index (χ1n) is 7.10. The number of carbonyl (C=O) groups excluding carboxylic acids is 1. The summed E-state index contributed by atoms with van der Waals surface area (Å²) in [6.07, 6.45) is 1.50. The number of carbonyl (C=O) groups is 1. The van der Waals surface area contributed by atoms with E-state index >= 15 is 0 Å². The number of piperazine rings is 1. The van der Waals surface area contributed by atoms with Crippen molar-refractivity contribution in [3.8, 4) is 5.88 Å². The van der Waals surface area contributed by atoms with E-state index in [2.05, 4.69) is 10.3 Å². The summed E-state index contributed by atoms with van der Waals surface area (Å²) in [7, 11) is 1.59. The lowest BCUT2D eigenvalue weighted by Crippen LogP contribution is -2.49. The van der Waals surface area contributed by atoms with Crippen LogP contribution in [-0.4, -0.2) is 48.3 Å². The predicted octanol–water partition coefficient (Wildman–Crippen LogP) is 1.97. The number of rotatable bonds is 2. The van der Waals surface area contributed by atoms with Crippen molar-refractivity contribution in [2.24, 2.45) is 0 Å². The lowest BCUT2D eigenvalue weighted by molar-refractivity contribution is 0.0195. The van der Waals surface area contributed by atoms with E-state index in [4.69, 9.17) is 9.47 Å². The van der Waals surface area contributed by atoms with Crippen LogP contribution >= 0.6 is 0 Å². The highest BCUT2D eigenvalue weighted by atomic mass is 16.6. The van der Waals surface area contributed by atoms with Gasteiger partial charge in [-0.2, -0.15) is 0 Å². The van der Waals surface area contributed by atoms with Crippen molar-refractivity contribution in [2.75, 3.05) is 26.7 Å². The number of amides is 1. The van der Waals surface area contributed by atoms with Crippen LogP contribution in [0, 0.1) is 0 Å². The van der Waals surface area contributed by atoms with Gasteiger partial charge in [-0.25, -0.2) is 9.78 Å². The molecule has 1 amide bonds. The zero-order valence-electron chi connectivity index (χ0n) is 13.0. The molecule has 0 aliphatic carbocycles. The van der Waals surface area contributed by atoms with Gasteiger partial charge in [0.1, 0.15) is 5.60 Å². The molecule has 0 radical (unpaired) electrons. The van der Waals surface area contributed by atoms with E-state index < -0.39 is 5.60 Å². The van der Waals surface area contributed by atoms with Crippen molar-refractivity contribution in [2.45, 2.75) is 32.4 Å². The number of nitrogens with one attached hydrogen (secondary N) is 1. The molecular weight excluding hydrogens is 270 g/mol. The second-order valence-corrected chi connectivity index (χ2v) is 6.07. The molecule has 6 nitrogen and oxygen atoms in total. The molecule has 1 unspecified atom stereocenters. The number of ether oxygens (including phenoxy) is 2. The van der Waals surface area contributed by atoms with E-state index in [0.29, 0.717) is 19.0 Å². The first-order chi connectivity index (χ1) is 9.89. The fourth-order valence-electron chi connectivity index (χ4n) is 2.18. The van der Waals surface area contributed by atoms with Gasteiger partial charge in [-0.05, 0) is 26.3 Å². The summed E-state index contributed by atoms with van der Waals surface area (Å²) < 4.78 is 10.5. The van der Waals surface area contributed by atoms with Crippen molar-refractivity contribution >= 4 is 6.09 Å². The summed E-state index contributed by atoms with van der Waals surface area (Å²) in [4.78, 5) is 18.1. The summed E-state index contributed by atoms with van der Waals surface area (Å²) in [6.45, 7) is 7.57. The van der Waals surface area contributed by atoms with Gasteiger partial charge >= 0.3 is 6.09 Å². The van der Waals surface area contributed by atoms with Gasteiger partial charge in [-0.15, -0.1) is 0 Å². The Kier molecular flexibility index (Phi) is 4.67. The van der Waals surface area contributed by atoms with E-state index in [0.717, 1.165) is 12.1 Å². The quantitative estimate of drug-likeness (QED) is 0.903. The van der Waals surface area contributed by atoms with Crippen molar-refractivity contribution in [1.29, 1.82) is 0 Å². The number of hydrogen-bond acceptors (Lipinski definition) is 5. The Morgan fingerprint density at radius 3 is 2.76 bits per heavy atom. The number of pyridine rings is 1. The van der Waals surface area contributed by atoms with Gasteiger partial charge in [-0.1, -0.05) is 6.07 Å². The van der Waals surface area contributed by atoms with Gasteiger partial charge in [-0.3, -0.25) is 0 Å². The Labute approximate surface area is 125 Å². The maximum atomic E-state index is 12.1. The second kappa shape index (κ2) is 6.30. The molecular formula is C15H23N3O3. The highest BCUT2D eigenvalue weighted by Gasteiger charge is 2.28. The third kappa shape index (κ3) is 4.32. The Balaban J connectivity index is 2.01. The lowest BCUT2D eigenvalue weighted by Gasteiger charge is -2.35. The molecule has 1 atom stereocenters. The average molecular weight is 293 g/mol. The van der Waals surface area contributed by atoms with E-state index in [1.165, 1.54) is 0 Å². The molecule has 0 bridgehead atoms. The smallest absolute Gasteiger partial charge is 0.410 e. The zero-order chi connectivity index (χ0) is 15.5. The molecule has 1 fully saturated rings. The Hall–Kier alpha value is -1.82. The first kappa shape index (κ1) is 15.6. The van der Waals surface area contributed by atoms with Crippen LogP contribution in [0.25, 0.3) is 0 Å². The van der Waals surface area contributed by atoms with Gasteiger partial charge in [0.15, 0.2) is 0 Å². The minimum atomic E-state index is -0.473.